The molecule has 0 aliphatic carbocycles. The second-order valence-corrected chi connectivity index (χ2v) is 9.38. The van der Waals surface area contributed by atoms with E-state index in [2.05, 4.69) is 20.4 Å². The Hall–Kier alpha value is -3.38. The van der Waals surface area contributed by atoms with Crippen LogP contribution in [-0.2, 0) is 19.6 Å². The van der Waals surface area contributed by atoms with Crippen molar-refractivity contribution < 1.29 is 22.7 Å². The Morgan fingerprint density at radius 2 is 1.78 bits per heavy atom. The minimum absolute atomic E-state index is 0.167. The van der Waals surface area contributed by atoms with Crippen molar-refractivity contribution >= 4 is 33.4 Å². The first kappa shape index (κ1) is 21.8. The van der Waals surface area contributed by atoms with E-state index in [9.17, 15) is 18.0 Å². The Balaban J connectivity index is 1.35. The van der Waals surface area contributed by atoms with Gasteiger partial charge in [-0.25, -0.2) is 22.7 Å². The maximum absolute atomic E-state index is 12.5. The lowest BCUT2D eigenvalue weighted by molar-refractivity contribution is -0.119. The molecule has 1 aliphatic heterocycles. The van der Waals surface area contributed by atoms with Gasteiger partial charge in [0, 0.05) is 30.2 Å². The Bertz CT molecular complexity index is 1280. The van der Waals surface area contributed by atoms with Gasteiger partial charge >= 0.3 is 5.97 Å². The van der Waals surface area contributed by atoms with Crippen LogP contribution in [0.5, 0.6) is 0 Å². The van der Waals surface area contributed by atoms with Gasteiger partial charge in [-0.3, -0.25) is 4.79 Å². The second kappa shape index (κ2) is 8.63. The highest BCUT2D eigenvalue weighted by Gasteiger charge is 2.27. The van der Waals surface area contributed by atoms with Crippen LogP contribution in [0.15, 0.2) is 35.2 Å². The lowest BCUT2D eigenvalue weighted by atomic mass is 10.3. The lowest BCUT2D eigenvalue weighted by Gasteiger charge is -2.15. The van der Waals surface area contributed by atoms with Gasteiger partial charge < -0.3 is 10.1 Å². The molecule has 32 heavy (non-hydrogen) atoms. The molecule has 1 fully saturated rings. The summed E-state index contributed by atoms with van der Waals surface area (Å²) in [6.07, 6.45) is 1.71. The Morgan fingerprint density at radius 3 is 2.47 bits per heavy atom. The SMILES string of the molecule is Cc1cc(C)n2nc(C(=O)OCC(=O)Nc3ccc(S(=O)(=O)N4CCCC4)cc3)nc2n1. The summed E-state index contributed by atoms with van der Waals surface area (Å²) >= 11 is 0. The minimum Gasteiger partial charge on any atom is -0.450 e. The number of rotatable bonds is 6. The van der Waals surface area contributed by atoms with Crippen LogP contribution in [0.2, 0.25) is 0 Å². The first-order valence-corrected chi connectivity index (χ1v) is 11.5. The van der Waals surface area contributed by atoms with Crippen LogP contribution in [0, 0.1) is 13.8 Å². The first-order valence-electron chi connectivity index (χ1n) is 10.0. The molecule has 0 spiro atoms. The van der Waals surface area contributed by atoms with Crippen LogP contribution >= 0.6 is 0 Å². The highest BCUT2D eigenvalue weighted by molar-refractivity contribution is 7.89. The summed E-state index contributed by atoms with van der Waals surface area (Å²) < 4.78 is 33.0. The van der Waals surface area contributed by atoms with Crippen molar-refractivity contribution in [2.24, 2.45) is 0 Å². The third-order valence-corrected chi connectivity index (χ3v) is 6.89. The Labute approximate surface area is 184 Å². The summed E-state index contributed by atoms with van der Waals surface area (Å²) in [7, 11) is -3.52. The summed E-state index contributed by atoms with van der Waals surface area (Å²) in [6.45, 7) is 4.10. The quantitative estimate of drug-likeness (QED) is 0.546. The van der Waals surface area contributed by atoms with Crippen LogP contribution in [0.3, 0.4) is 0 Å². The fraction of sp³-hybridized carbons (Fsp3) is 0.350. The molecule has 0 atom stereocenters. The van der Waals surface area contributed by atoms with E-state index < -0.39 is 28.5 Å². The highest BCUT2D eigenvalue weighted by Crippen LogP contribution is 2.22. The third-order valence-electron chi connectivity index (χ3n) is 4.98. The van der Waals surface area contributed by atoms with E-state index in [1.807, 2.05) is 0 Å². The number of sulfonamides is 1. The van der Waals surface area contributed by atoms with Crippen LogP contribution in [0.4, 0.5) is 5.69 Å². The zero-order valence-corrected chi connectivity index (χ0v) is 18.4. The molecule has 0 saturated carbocycles. The zero-order chi connectivity index (χ0) is 22.9. The first-order chi connectivity index (χ1) is 15.2. The van der Waals surface area contributed by atoms with Crippen LogP contribution in [0.25, 0.3) is 5.78 Å². The molecule has 168 valence electrons. The maximum atomic E-state index is 12.5. The predicted octanol–water partition coefficient (Wildman–Crippen LogP) is 1.32. The molecule has 0 bridgehead atoms. The normalized spacial score (nSPS) is 14.6. The molecular weight excluding hydrogens is 436 g/mol. The van der Waals surface area contributed by atoms with Gasteiger partial charge in [-0.1, -0.05) is 0 Å². The van der Waals surface area contributed by atoms with Gasteiger partial charge in [-0.15, -0.1) is 5.10 Å². The number of esters is 1. The number of hydrogen-bond donors (Lipinski definition) is 1. The number of benzene rings is 1. The predicted molar refractivity (Wildman–Crippen MR) is 114 cm³/mol. The van der Waals surface area contributed by atoms with E-state index in [1.54, 1.807) is 19.9 Å². The fourth-order valence-corrected chi connectivity index (χ4v) is 4.95. The molecule has 0 unspecified atom stereocenters. The van der Waals surface area contributed by atoms with Gasteiger partial charge in [0.1, 0.15) is 0 Å². The van der Waals surface area contributed by atoms with E-state index in [4.69, 9.17) is 4.74 Å². The van der Waals surface area contributed by atoms with Gasteiger partial charge in [-0.05, 0) is 57.0 Å². The monoisotopic (exact) mass is 458 g/mol. The maximum Gasteiger partial charge on any atom is 0.378 e. The number of nitrogens with one attached hydrogen (secondary N) is 1. The molecule has 1 saturated heterocycles. The summed E-state index contributed by atoms with van der Waals surface area (Å²) in [6, 6.07) is 7.65. The van der Waals surface area contributed by atoms with Crippen molar-refractivity contribution in [3.05, 3.63) is 47.5 Å². The van der Waals surface area contributed by atoms with E-state index >= 15 is 0 Å². The van der Waals surface area contributed by atoms with Gasteiger partial charge in [0.25, 0.3) is 17.5 Å². The molecular formula is C20H22N6O5S. The molecule has 12 heteroatoms. The van der Waals surface area contributed by atoms with Crippen LogP contribution in [-0.4, -0.2) is 63.9 Å². The summed E-state index contributed by atoms with van der Waals surface area (Å²) in [4.78, 5) is 32.7. The van der Waals surface area contributed by atoms with Gasteiger partial charge in [0.2, 0.25) is 10.0 Å². The number of aryl methyl sites for hydroxylation is 2. The second-order valence-electron chi connectivity index (χ2n) is 7.45. The number of hydrogen-bond acceptors (Lipinski definition) is 8. The molecule has 3 heterocycles. The van der Waals surface area contributed by atoms with Crippen LogP contribution in [0.1, 0.15) is 34.8 Å². The van der Waals surface area contributed by atoms with Gasteiger partial charge in [0.15, 0.2) is 6.61 Å². The van der Waals surface area contributed by atoms with E-state index in [1.165, 1.54) is 33.1 Å². The summed E-state index contributed by atoms with van der Waals surface area (Å²) in [5, 5.41) is 6.61. The van der Waals surface area contributed by atoms with Crippen molar-refractivity contribution in [1.29, 1.82) is 0 Å². The zero-order valence-electron chi connectivity index (χ0n) is 17.6. The number of amides is 1. The highest BCUT2D eigenvalue weighted by atomic mass is 32.2. The molecule has 11 nitrogen and oxygen atoms in total. The van der Waals surface area contributed by atoms with Gasteiger partial charge in [-0.2, -0.15) is 9.29 Å². The summed E-state index contributed by atoms with van der Waals surface area (Å²) in [5.74, 6) is -1.37. The van der Waals surface area contributed by atoms with E-state index in [0.717, 1.165) is 24.2 Å². The number of carbonyl (C=O) groups is 2. The number of fused-ring (bicyclic) bond motifs is 1. The molecule has 1 aliphatic rings. The number of carbonyl (C=O) groups excluding carboxylic acids is 2. The minimum atomic E-state index is -3.52. The van der Waals surface area contributed by atoms with Crippen molar-refractivity contribution in [2.75, 3.05) is 25.0 Å². The van der Waals surface area contributed by atoms with Crippen molar-refractivity contribution in [1.82, 2.24) is 23.9 Å². The third kappa shape index (κ3) is 4.46. The van der Waals surface area contributed by atoms with Gasteiger partial charge in [0.05, 0.1) is 4.90 Å². The number of aromatic nitrogens is 4. The number of ether oxygens (including phenoxy) is 1. The number of nitrogens with zero attached hydrogens (tertiary/aromatic N) is 5. The van der Waals surface area contributed by atoms with Crippen molar-refractivity contribution in [3.63, 3.8) is 0 Å². The lowest BCUT2D eigenvalue weighted by Crippen LogP contribution is -2.27. The van der Waals surface area contributed by atoms with Crippen LogP contribution < -0.4 is 5.32 Å². The molecule has 2 aromatic heterocycles. The fourth-order valence-electron chi connectivity index (χ4n) is 3.43. The average molecular weight is 459 g/mol. The largest absolute Gasteiger partial charge is 0.450 e. The van der Waals surface area contributed by atoms with Crippen molar-refractivity contribution in [2.45, 2.75) is 31.6 Å². The topological polar surface area (TPSA) is 136 Å². The van der Waals surface area contributed by atoms with E-state index in [0.29, 0.717) is 18.8 Å². The molecule has 1 aromatic carbocycles. The Kier molecular flexibility index (Phi) is 5.89. The summed E-state index contributed by atoms with van der Waals surface area (Å²) in [5.41, 5.74) is 1.88. The smallest absolute Gasteiger partial charge is 0.378 e. The molecule has 1 amide bonds. The van der Waals surface area contributed by atoms with E-state index in [-0.39, 0.29) is 16.5 Å². The van der Waals surface area contributed by atoms with Crippen molar-refractivity contribution in [3.8, 4) is 0 Å². The standard InChI is InChI=1S/C20H22N6O5S/c1-13-11-14(2)26-20(21-13)23-18(24-26)19(28)31-12-17(27)22-15-5-7-16(8-6-15)32(29,30)25-9-3-4-10-25/h5-8,11H,3-4,9-10,12H2,1-2H3,(H,22,27). The molecule has 3 aromatic rings. The molecule has 0 radical (unpaired) electrons. The Morgan fingerprint density at radius 1 is 1.09 bits per heavy atom. The average Bonchev–Trinajstić information content (AvgIpc) is 3.43. The molecule has 1 N–H and O–H groups in total. The number of anilines is 1. The molecule has 4 rings (SSSR count).